The highest BCUT2D eigenvalue weighted by atomic mass is 32.2. The zero-order valence-corrected chi connectivity index (χ0v) is 18.4. The number of nitrogens with one attached hydrogen (secondary N) is 2. The maximum Gasteiger partial charge on any atom is 0.222 e. The van der Waals surface area contributed by atoms with Gasteiger partial charge in [0.25, 0.3) is 0 Å². The van der Waals surface area contributed by atoms with Crippen LogP contribution in [0, 0.1) is 0 Å². The second-order valence-electron chi connectivity index (χ2n) is 7.64. The maximum absolute atomic E-state index is 13.2. The van der Waals surface area contributed by atoms with Crippen molar-refractivity contribution in [2.24, 2.45) is 0 Å². The summed E-state index contributed by atoms with van der Waals surface area (Å²) in [4.78, 5) is 21.3. The first-order valence-corrected chi connectivity index (χ1v) is 12.7. The van der Waals surface area contributed by atoms with Crippen LogP contribution in [0.2, 0.25) is 0 Å². The second-order valence-corrected chi connectivity index (χ2v) is 9.85. The Kier molecular flexibility index (Phi) is 6.55. The van der Waals surface area contributed by atoms with Gasteiger partial charge in [-0.2, -0.15) is 23.5 Å². The number of rotatable bonds is 8. The molecule has 0 aliphatic carbocycles. The molecule has 1 unspecified atom stereocenters. The predicted molar refractivity (Wildman–Crippen MR) is 124 cm³/mol. The first kappa shape index (κ1) is 20.4. The minimum atomic E-state index is -0.114. The summed E-state index contributed by atoms with van der Waals surface area (Å²) in [5, 5.41) is 3.30. The molecule has 0 radical (unpaired) electrons. The van der Waals surface area contributed by atoms with Crippen molar-refractivity contribution in [2.45, 2.75) is 37.3 Å². The molecule has 2 N–H and O–H groups in total. The van der Waals surface area contributed by atoms with E-state index in [0.717, 1.165) is 53.4 Å². The van der Waals surface area contributed by atoms with Crippen LogP contribution in [0.25, 0.3) is 11.0 Å². The predicted octanol–water partition coefficient (Wildman–Crippen LogP) is 4.59. The molecule has 4 rings (SSSR count). The van der Waals surface area contributed by atoms with Gasteiger partial charge in [-0.3, -0.25) is 4.79 Å². The van der Waals surface area contributed by atoms with E-state index in [1.807, 2.05) is 36.0 Å². The second kappa shape index (κ2) is 9.30. The average Bonchev–Trinajstić information content (AvgIpc) is 3.42. The van der Waals surface area contributed by atoms with Crippen molar-refractivity contribution in [1.29, 1.82) is 0 Å². The Morgan fingerprint density at radius 3 is 2.76 bits per heavy atom. The van der Waals surface area contributed by atoms with Gasteiger partial charge in [0.2, 0.25) is 5.91 Å². The first-order chi connectivity index (χ1) is 14.2. The van der Waals surface area contributed by atoms with E-state index >= 15 is 0 Å². The molecule has 1 saturated heterocycles. The van der Waals surface area contributed by atoms with Crippen LogP contribution in [-0.2, 0) is 10.3 Å². The van der Waals surface area contributed by atoms with Gasteiger partial charge >= 0.3 is 0 Å². The Hall–Kier alpha value is -1.86. The molecule has 0 saturated carbocycles. The maximum atomic E-state index is 13.2. The highest BCUT2D eigenvalue weighted by Gasteiger charge is 2.36. The number of nitrogens with zero attached hydrogens (tertiary/aromatic N) is 2. The number of fused-ring (bicyclic) bond motifs is 1. The van der Waals surface area contributed by atoms with Crippen LogP contribution in [0.5, 0.6) is 0 Å². The molecule has 1 fully saturated rings. The van der Waals surface area contributed by atoms with Gasteiger partial charge in [0.1, 0.15) is 5.82 Å². The van der Waals surface area contributed by atoms with E-state index in [9.17, 15) is 4.79 Å². The number of imidazole rings is 1. The number of thioether (sulfide) groups is 2. The van der Waals surface area contributed by atoms with Gasteiger partial charge in [0, 0.05) is 12.4 Å². The van der Waals surface area contributed by atoms with Gasteiger partial charge in [-0.25, -0.2) is 4.98 Å². The molecule has 2 aromatic heterocycles. The van der Waals surface area contributed by atoms with Crippen molar-refractivity contribution in [3.63, 3.8) is 0 Å². The summed E-state index contributed by atoms with van der Waals surface area (Å²) in [6.07, 6.45) is 9.73. The van der Waals surface area contributed by atoms with Crippen LogP contribution in [0.15, 0.2) is 48.8 Å². The minimum Gasteiger partial charge on any atom is -0.348 e. The molecule has 3 aromatic rings. The third-order valence-corrected chi connectivity index (χ3v) is 7.38. The molecule has 1 amide bonds. The number of para-hydroxylation sites is 2. The quantitative estimate of drug-likeness (QED) is 0.551. The summed E-state index contributed by atoms with van der Waals surface area (Å²) < 4.78 is 2.25. The number of carbonyl (C=O) groups excluding carboxylic acids is 1. The number of hydrogen-bond donors (Lipinski definition) is 2. The monoisotopic (exact) mass is 428 g/mol. The van der Waals surface area contributed by atoms with Crippen LogP contribution in [0.4, 0.5) is 0 Å². The highest BCUT2D eigenvalue weighted by Crippen LogP contribution is 2.37. The fourth-order valence-corrected chi connectivity index (χ4v) is 5.85. The summed E-state index contributed by atoms with van der Waals surface area (Å²) in [6, 6.07) is 12.0. The number of aromatic amines is 1. The standard InChI is InChI=1S/C22H28N4OS2/c1-28-13-8-19(21-24-17-6-2-3-7-18(17)25-21)23-20(27)16-22(9-14-29-15-10-22)26-11-4-5-12-26/h2-7,11-12,19H,8-10,13-16H2,1H3,(H,23,27)(H,24,25). The van der Waals surface area contributed by atoms with Gasteiger partial charge in [-0.1, -0.05) is 12.1 Å². The molecule has 1 atom stereocenters. The lowest BCUT2D eigenvalue weighted by Crippen LogP contribution is -2.42. The van der Waals surface area contributed by atoms with E-state index in [1.54, 1.807) is 11.8 Å². The molecule has 29 heavy (non-hydrogen) atoms. The number of hydrogen-bond acceptors (Lipinski definition) is 4. The normalized spacial score (nSPS) is 17.3. The Labute approximate surface area is 180 Å². The number of carbonyl (C=O) groups is 1. The van der Waals surface area contributed by atoms with E-state index in [2.05, 4.69) is 45.7 Å². The Morgan fingerprint density at radius 1 is 1.28 bits per heavy atom. The number of amides is 1. The smallest absolute Gasteiger partial charge is 0.222 e. The Bertz CT molecular complexity index is 898. The highest BCUT2D eigenvalue weighted by molar-refractivity contribution is 7.99. The SMILES string of the molecule is CSCCC(NC(=O)CC1(n2cccc2)CCSCC1)c1nc2ccccc2[nH]1. The van der Waals surface area contributed by atoms with Gasteiger partial charge in [0.15, 0.2) is 0 Å². The molecular weight excluding hydrogens is 400 g/mol. The van der Waals surface area contributed by atoms with Crippen LogP contribution in [0.3, 0.4) is 0 Å². The third-order valence-electron chi connectivity index (χ3n) is 5.75. The van der Waals surface area contributed by atoms with E-state index in [0.29, 0.717) is 6.42 Å². The van der Waals surface area contributed by atoms with Gasteiger partial charge in [-0.05, 0) is 67.0 Å². The van der Waals surface area contributed by atoms with E-state index in [-0.39, 0.29) is 17.5 Å². The van der Waals surface area contributed by atoms with Gasteiger partial charge < -0.3 is 14.9 Å². The fourth-order valence-electron chi connectivity index (χ4n) is 4.12. The van der Waals surface area contributed by atoms with Crippen molar-refractivity contribution in [1.82, 2.24) is 19.9 Å². The average molecular weight is 429 g/mol. The van der Waals surface area contributed by atoms with Crippen molar-refractivity contribution < 1.29 is 4.79 Å². The summed E-state index contributed by atoms with van der Waals surface area (Å²) in [5.74, 6) is 4.14. The topological polar surface area (TPSA) is 62.7 Å². The fraction of sp³-hybridized carbons (Fsp3) is 0.455. The number of aromatic nitrogens is 3. The Morgan fingerprint density at radius 2 is 2.03 bits per heavy atom. The number of benzene rings is 1. The third kappa shape index (κ3) is 4.67. The molecule has 3 heterocycles. The molecule has 1 aliphatic heterocycles. The van der Waals surface area contributed by atoms with Crippen LogP contribution < -0.4 is 5.32 Å². The van der Waals surface area contributed by atoms with E-state index < -0.39 is 0 Å². The molecule has 1 aliphatic rings. The lowest BCUT2D eigenvalue weighted by atomic mass is 9.87. The molecule has 7 heteroatoms. The lowest BCUT2D eigenvalue weighted by Gasteiger charge is -2.38. The van der Waals surface area contributed by atoms with Crippen LogP contribution >= 0.6 is 23.5 Å². The summed E-state index contributed by atoms with van der Waals surface area (Å²) in [5.41, 5.74) is 1.84. The zero-order chi connectivity index (χ0) is 20.1. The van der Waals surface area contributed by atoms with Crippen LogP contribution in [0.1, 0.15) is 37.5 Å². The van der Waals surface area contributed by atoms with Crippen molar-refractivity contribution in [2.75, 3.05) is 23.5 Å². The molecular formula is C22H28N4OS2. The summed E-state index contributed by atoms with van der Waals surface area (Å²) >= 11 is 3.77. The summed E-state index contributed by atoms with van der Waals surface area (Å²) in [7, 11) is 0. The summed E-state index contributed by atoms with van der Waals surface area (Å²) in [6.45, 7) is 0. The Balaban J connectivity index is 1.52. The van der Waals surface area contributed by atoms with Crippen molar-refractivity contribution >= 4 is 40.5 Å². The largest absolute Gasteiger partial charge is 0.348 e. The van der Waals surface area contributed by atoms with Gasteiger partial charge in [-0.15, -0.1) is 0 Å². The molecule has 154 valence electrons. The van der Waals surface area contributed by atoms with E-state index in [1.165, 1.54) is 0 Å². The lowest BCUT2D eigenvalue weighted by molar-refractivity contribution is -0.124. The van der Waals surface area contributed by atoms with Crippen molar-refractivity contribution in [3.05, 3.63) is 54.6 Å². The van der Waals surface area contributed by atoms with Gasteiger partial charge in [0.05, 0.1) is 29.0 Å². The minimum absolute atomic E-state index is 0.0953. The van der Waals surface area contributed by atoms with Crippen molar-refractivity contribution in [3.8, 4) is 0 Å². The zero-order valence-electron chi connectivity index (χ0n) is 16.8. The van der Waals surface area contributed by atoms with E-state index in [4.69, 9.17) is 4.98 Å². The first-order valence-electron chi connectivity index (χ1n) is 10.1. The molecule has 1 aromatic carbocycles. The molecule has 5 nitrogen and oxygen atoms in total. The van der Waals surface area contributed by atoms with Crippen LogP contribution in [-0.4, -0.2) is 44.0 Å². The number of H-pyrrole nitrogens is 1. The molecule has 0 spiro atoms. The molecule has 0 bridgehead atoms.